The molecule has 1 aromatic rings. The van der Waals surface area contributed by atoms with E-state index in [0.29, 0.717) is 30.2 Å². The topological polar surface area (TPSA) is 59.6 Å². The van der Waals surface area contributed by atoms with Gasteiger partial charge in [-0.25, -0.2) is 0 Å². The number of fused-ring (bicyclic) bond motifs is 2. The Morgan fingerprint density at radius 3 is 2.67 bits per heavy atom. The predicted octanol–water partition coefficient (Wildman–Crippen LogP) is 3.16. The minimum Gasteiger partial charge on any atom is -0.497 e. The van der Waals surface area contributed by atoms with E-state index in [0.717, 1.165) is 12.8 Å². The number of anilines is 1. The smallest absolute Gasteiger partial charge is 0.387 e. The number of hydrogen-bond donors (Lipinski definition) is 2. The van der Waals surface area contributed by atoms with Crippen LogP contribution in [0.1, 0.15) is 32.1 Å². The summed E-state index contributed by atoms with van der Waals surface area (Å²) in [6, 6.07) is 5.39. The summed E-state index contributed by atoms with van der Waals surface area (Å²) in [4.78, 5) is 12.3. The molecule has 24 heavy (non-hydrogen) atoms. The number of halogens is 2. The van der Waals surface area contributed by atoms with Crippen LogP contribution in [0.15, 0.2) is 18.2 Å². The molecule has 2 fully saturated rings. The van der Waals surface area contributed by atoms with E-state index in [4.69, 9.17) is 4.74 Å². The van der Waals surface area contributed by atoms with E-state index in [2.05, 4.69) is 15.4 Å². The third-order valence-electron chi connectivity index (χ3n) is 4.72. The molecular formula is C17H22F2N2O3. The minimum absolute atomic E-state index is 0.0652. The molecule has 0 radical (unpaired) electrons. The number of alkyl halides is 2. The summed E-state index contributed by atoms with van der Waals surface area (Å²) in [6.45, 7) is -2.95. The molecule has 1 amide bonds. The lowest BCUT2D eigenvalue weighted by atomic mass is 9.89. The number of methoxy groups -OCH3 is 1. The zero-order valence-electron chi connectivity index (χ0n) is 13.6. The lowest BCUT2D eigenvalue weighted by Gasteiger charge is -2.28. The van der Waals surface area contributed by atoms with Gasteiger partial charge in [-0.3, -0.25) is 4.79 Å². The number of nitrogens with one attached hydrogen (secondary N) is 2. The fourth-order valence-electron chi connectivity index (χ4n) is 3.74. The van der Waals surface area contributed by atoms with Gasteiger partial charge in [-0.15, -0.1) is 0 Å². The Morgan fingerprint density at radius 1 is 1.33 bits per heavy atom. The van der Waals surface area contributed by atoms with Crippen LogP contribution in [0.4, 0.5) is 14.5 Å². The summed E-state index contributed by atoms with van der Waals surface area (Å²) < 4.78 is 34.6. The molecule has 2 aliphatic heterocycles. The highest BCUT2D eigenvalue weighted by molar-refractivity contribution is 5.92. The summed E-state index contributed by atoms with van der Waals surface area (Å²) in [5, 5.41) is 6.23. The molecule has 1 aromatic carbocycles. The Kier molecular flexibility index (Phi) is 5.18. The molecule has 2 bridgehead atoms. The second-order valence-electron chi connectivity index (χ2n) is 6.47. The Labute approximate surface area is 139 Å². The predicted molar refractivity (Wildman–Crippen MR) is 85.5 cm³/mol. The van der Waals surface area contributed by atoms with E-state index in [-0.39, 0.29) is 17.3 Å². The maximum Gasteiger partial charge on any atom is 0.387 e. The summed E-state index contributed by atoms with van der Waals surface area (Å²) in [5.41, 5.74) is 0.205. The highest BCUT2D eigenvalue weighted by Crippen LogP contribution is 2.34. The number of carbonyl (C=O) groups is 1. The van der Waals surface area contributed by atoms with Crippen molar-refractivity contribution < 1.29 is 23.0 Å². The van der Waals surface area contributed by atoms with Gasteiger partial charge >= 0.3 is 6.61 Å². The van der Waals surface area contributed by atoms with Gasteiger partial charge in [0, 0.05) is 24.6 Å². The summed E-state index contributed by atoms with van der Waals surface area (Å²) >= 11 is 0. The maximum absolute atomic E-state index is 12.5. The standard InChI is InChI=1S/C17H22F2N2O3/c1-23-13-4-5-15(24-17(18)19)14(9-13)21-16(22)8-10-6-11-2-3-12(7-10)20-11/h4-5,9-12,17,20H,2-3,6-8H2,1H3,(H,21,22). The van der Waals surface area contributed by atoms with Crippen LogP contribution < -0.4 is 20.1 Å². The SMILES string of the molecule is COc1ccc(OC(F)F)c(NC(=O)CC2CC3CCC(C2)N3)c1. The summed E-state index contributed by atoms with van der Waals surface area (Å²) in [6.07, 6.45) is 4.71. The third-order valence-corrected chi connectivity index (χ3v) is 4.72. The number of carbonyl (C=O) groups excluding carboxylic acids is 1. The molecular weight excluding hydrogens is 318 g/mol. The fourth-order valence-corrected chi connectivity index (χ4v) is 3.74. The van der Waals surface area contributed by atoms with Crippen molar-refractivity contribution in [2.75, 3.05) is 12.4 Å². The van der Waals surface area contributed by atoms with Gasteiger partial charge in [-0.2, -0.15) is 8.78 Å². The maximum atomic E-state index is 12.5. The van der Waals surface area contributed by atoms with E-state index in [1.165, 1.54) is 38.2 Å². The first kappa shape index (κ1) is 17.0. The van der Waals surface area contributed by atoms with Gasteiger partial charge in [0.05, 0.1) is 12.8 Å². The largest absolute Gasteiger partial charge is 0.497 e. The molecule has 2 N–H and O–H groups in total. The Morgan fingerprint density at radius 2 is 2.04 bits per heavy atom. The lowest BCUT2D eigenvalue weighted by molar-refractivity contribution is -0.117. The monoisotopic (exact) mass is 340 g/mol. The highest BCUT2D eigenvalue weighted by atomic mass is 19.3. The summed E-state index contributed by atoms with van der Waals surface area (Å²) in [5.74, 6) is 0.541. The molecule has 2 unspecified atom stereocenters. The zero-order chi connectivity index (χ0) is 17.1. The van der Waals surface area contributed by atoms with Gasteiger partial charge < -0.3 is 20.1 Å². The van der Waals surface area contributed by atoms with Crippen LogP contribution in [-0.4, -0.2) is 31.7 Å². The van der Waals surface area contributed by atoms with Gasteiger partial charge in [-0.1, -0.05) is 0 Å². The number of benzene rings is 1. The average molecular weight is 340 g/mol. The lowest BCUT2D eigenvalue weighted by Crippen LogP contribution is -2.39. The van der Waals surface area contributed by atoms with Crippen molar-refractivity contribution in [3.05, 3.63) is 18.2 Å². The molecule has 3 rings (SSSR count). The van der Waals surface area contributed by atoms with Crippen molar-refractivity contribution in [1.29, 1.82) is 0 Å². The number of piperidine rings is 1. The van der Waals surface area contributed by atoms with Gasteiger partial charge in [0.15, 0.2) is 0 Å². The number of rotatable bonds is 6. The molecule has 2 aliphatic rings. The first-order valence-electron chi connectivity index (χ1n) is 8.22. The van der Waals surface area contributed by atoms with Gasteiger partial charge in [0.1, 0.15) is 11.5 Å². The highest BCUT2D eigenvalue weighted by Gasteiger charge is 2.34. The third kappa shape index (κ3) is 4.14. The van der Waals surface area contributed by atoms with Crippen LogP contribution >= 0.6 is 0 Å². The first-order valence-corrected chi connectivity index (χ1v) is 8.22. The van der Waals surface area contributed by atoms with Crippen LogP contribution in [0.3, 0.4) is 0 Å². The van der Waals surface area contributed by atoms with Gasteiger partial charge in [0.25, 0.3) is 0 Å². The van der Waals surface area contributed by atoms with Crippen molar-refractivity contribution in [2.24, 2.45) is 5.92 Å². The van der Waals surface area contributed by atoms with E-state index in [9.17, 15) is 13.6 Å². The van der Waals surface area contributed by atoms with E-state index >= 15 is 0 Å². The van der Waals surface area contributed by atoms with Gasteiger partial charge in [0.2, 0.25) is 5.91 Å². The average Bonchev–Trinajstić information content (AvgIpc) is 2.87. The normalized spacial score (nSPS) is 25.6. The van der Waals surface area contributed by atoms with Crippen molar-refractivity contribution in [3.63, 3.8) is 0 Å². The number of hydrogen-bond acceptors (Lipinski definition) is 4. The summed E-state index contributed by atoms with van der Waals surface area (Å²) in [7, 11) is 1.47. The molecule has 2 saturated heterocycles. The van der Waals surface area contributed by atoms with Crippen molar-refractivity contribution in [3.8, 4) is 11.5 Å². The van der Waals surface area contributed by atoms with Gasteiger partial charge in [-0.05, 0) is 43.7 Å². The first-order chi connectivity index (χ1) is 11.5. The molecule has 2 heterocycles. The Hall–Kier alpha value is -1.89. The Balaban J connectivity index is 1.64. The molecule has 0 saturated carbocycles. The van der Waals surface area contributed by atoms with Crippen molar-refractivity contribution in [2.45, 2.75) is 50.8 Å². The Bertz CT molecular complexity index is 585. The van der Waals surface area contributed by atoms with Crippen LogP contribution in [-0.2, 0) is 4.79 Å². The number of ether oxygens (including phenoxy) is 2. The zero-order valence-corrected chi connectivity index (χ0v) is 13.6. The molecule has 132 valence electrons. The van der Waals surface area contributed by atoms with Crippen LogP contribution in [0.25, 0.3) is 0 Å². The fraction of sp³-hybridized carbons (Fsp3) is 0.588. The molecule has 2 atom stereocenters. The van der Waals surface area contributed by atoms with Crippen LogP contribution in [0.5, 0.6) is 11.5 Å². The van der Waals surface area contributed by atoms with E-state index in [1.807, 2.05) is 0 Å². The van der Waals surface area contributed by atoms with Crippen molar-refractivity contribution in [1.82, 2.24) is 5.32 Å². The quantitative estimate of drug-likeness (QED) is 0.835. The molecule has 7 heteroatoms. The molecule has 0 spiro atoms. The van der Waals surface area contributed by atoms with E-state index in [1.54, 1.807) is 0 Å². The minimum atomic E-state index is -2.95. The second-order valence-corrected chi connectivity index (χ2v) is 6.47. The second kappa shape index (κ2) is 7.34. The van der Waals surface area contributed by atoms with Crippen LogP contribution in [0, 0.1) is 5.92 Å². The molecule has 0 aliphatic carbocycles. The number of amides is 1. The van der Waals surface area contributed by atoms with Crippen LogP contribution in [0.2, 0.25) is 0 Å². The molecule has 5 nitrogen and oxygen atoms in total. The van der Waals surface area contributed by atoms with Crippen molar-refractivity contribution >= 4 is 11.6 Å². The van der Waals surface area contributed by atoms with E-state index < -0.39 is 6.61 Å². The molecule has 0 aromatic heterocycles.